The molecule has 1 fully saturated rings. The number of amides is 1. The van der Waals surface area contributed by atoms with Crippen molar-refractivity contribution in [1.29, 1.82) is 0 Å². The van der Waals surface area contributed by atoms with E-state index in [1.165, 1.54) is 0 Å². The predicted molar refractivity (Wildman–Crippen MR) is 86.7 cm³/mol. The number of benzene rings is 2. The summed E-state index contributed by atoms with van der Waals surface area (Å²) in [6, 6.07) is 19.8. The lowest BCUT2D eigenvalue weighted by Crippen LogP contribution is -2.35. The molecule has 22 heavy (non-hydrogen) atoms. The van der Waals surface area contributed by atoms with E-state index in [-0.39, 0.29) is 17.9 Å². The summed E-state index contributed by atoms with van der Waals surface area (Å²) in [6.45, 7) is 1.40. The highest BCUT2D eigenvalue weighted by Gasteiger charge is 2.24. The standard InChI is InChI=1S/C19H21NO2/c21-19(20-14-17-12-7-13-22-17)18(15-8-3-1-4-9-15)16-10-5-2-6-11-16/h1-6,8-11,17-18H,7,12-14H2,(H,20,21). The molecule has 1 heterocycles. The average molecular weight is 295 g/mol. The fraction of sp³-hybridized carbons (Fsp3) is 0.316. The highest BCUT2D eigenvalue weighted by molar-refractivity contribution is 5.87. The summed E-state index contributed by atoms with van der Waals surface area (Å²) >= 11 is 0. The number of ether oxygens (including phenoxy) is 1. The lowest BCUT2D eigenvalue weighted by molar-refractivity contribution is -0.122. The van der Waals surface area contributed by atoms with Crippen LogP contribution in [-0.4, -0.2) is 25.2 Å². The van der Waals surface area contributed by atoms with Gasteiger partial charge < -0.3 is 10.1 Å². The Bertz CT molecular complexity index is 552. The van der Waals surface area contributed by atoms with Crippen LogP contribution in [0, 0.1) is 0 Å². The zero-order chi connectivity index (χ0) is 15.2. The first-order valence-electron chi connectivity index (χ1n) is 7.84. The molecule has 1 aliphatic rings. The highest BCUT2D eigenvalue weighted by atomic mass is 16.5. The van der Waals surface area contributed by atoms with Crippen LogP contribution in [0.5, 0.6) is 0 Å². The summed E-state index contributed by atoms with van der Waals surface area (Å²) in [5, 5.41) is 3.06. The number of hydrogen-bond donors (Lipinski definition) is 1. The third kappa shape index (κ3) is 3.55. The molecular formula is C19H21NO2. The van der Waals surface area contributed by atoms with E-state index in [9.17, 15) is 4.79 Å². The third-order valence-corrected chi connectivity index (χ3v) is 4.06. The molecule has 3 nitrogen and oxygen atoms in total. The molecule has 3 heteroatoms. The van der Waals surface area contributed by atoms with Crippen LogP contribution in [0.25, 0.3) is 0 Å². The van der Waals surface area contributed by atoms with Crippen molar-refractivity contribution >= 4 is 5.91 Å². The minimum Gasteiger partial charge on any atom is -0.376 e. The molecule has 2 aromatic carbocycles. The van der Waals surface area contributed by atoms with Crippen LogP contribution in [0.4, 0.5) is 0 Å². The van der Waals surface area contributed by atoms with Gasteiger partial charge in [0.2, 0.25) is 5.91 Å². The van der Waals surface area contributed by atoms with Gasteiger partial charge in [0.1, 0.15) is 0 Å². The van der Waals surface area contributed by atoms with Crippen LogP contribution < -0.4 is 5.32 Å². The SMILES string of the molecule is O=C(NCC1CCCO1)C(c1ccccc1)c1ccccc1. The largest absolute Gasteiger partial charge is 0.376 e. The summed E-state index contributed by atoms with van der Waals surface area (Å²) in [5.41, 5.74) is 2.03. The van der Waals surface area contributed by atoms with Gasteiger partial charge in [-0.2, -0.15) is 0 Å². The van der Waals surface area contributed by atoms with Gasteiger partial charge in [0.05, 0.1) is 12.0 Å². The molecule has 0 bridgehead atoms. The lowest BCUT2D eigenvalue weighted by Gasteiger charge is -2.19. The van der Waals surface area contributed by atoms with Gasteiger partial charge in [-0.1, -0.05) is 60.7 Å². The Morgan fingerprint density at radius 2 is 1.64 bits per heavy atom. The summed E-state index contributed by atoms with van der Waals surface area (Å²) in [7, 11) is 0. The minimum absolute atomic E-state index is 0.0351. The van der Waals surface area contributed by atoms with E-state index >= 15 is 0 Å². The summed E-state index contributed by atoms with van der Waals surface area (Å²) < 4.78 is 5.58. The van der Waals surface area contributed by atoms with E-state index < -0.39 is 0 Å². The van der Waals surface area contributed by atoms with Crippen molar-refractivity contribution in [1.82, 2.24) is 5.32 Å². The van der Waals surface area contributed by atoms with Gasteiger partial charge in [-0.25, -0.2) is 0 Å². The van der Waals surface area contributed by atoms with E-state index in [4.69, 9.17) is 4.74 Å². The van der Waals surface area contributed by atoms with Crippen molar-refractivity contribution in [2.75, 3.05) is 13.2 Å². The molecule has 0 spiro atoms. The second-order valence-corrected chi connectivity index (χ2v) is 5.63. The van der Waals surface area contributed by atoms with Crippen LogP contribution in [0.1, 0.15) is 29.9 Å². The molecule has 2 aromatic rings. The van der Waals surface area contributed by atoms with Gasteiger partial charge in [0.25, 0.3) is 0 Å². The molecule has 1 atom stereocenters. The minimum atomic E-state index is -0.274. The zero-order valence-corrected chi connectivity index (χ0v) is 12.6. The molecule has 1 unspecified atom stereocenters. The van der Waals surface area contributed by atoms with Crippen molar-refractivity contribution in [3.63, 3.8) is 0 Å². The monoisotopic (exact) mass is 295 g/mol. The Kier molecular flexibility index (Phi) is 4.86. The second kappa shape index (κ2) is 7.23. The summed E-state index contributed by atoms with van der Waals surface area (Å²) in [4.78, 5) is 12.7. The number of carbonyl (C=O) groups excluding carboxylic acids is 1. The number of nitrogens with one attached hydrogen (secondary N) is 1. The quantitative estimate of drug-likeness (QED) is 0.920. The van der Waals surface area contributed by atoms with Gasteiger partial charge in [-0.3, -0.25) is 4.79 Å². The Morgan fingerprint density at radius 3 is 2.14 bits per heavy atom. The number of carbonyl (C=O) groups is 1. The maximum atomic E-state index is 12.7. The topological polar surface area (TPSA) is 38.3 Å². The summed E-state index contributed by atoms with van der Waals surface area (Å²) in [5.74, 6) is -0.239. The average Bonchev–Trinajstić information content (AvgIpc) is 3.09. The maximum Gasteiger partial charge on any atom is 0.232 e. The van der Waals surface area contributed by atoms with Crippen molar-refractivity contribution in [3.8, 4) is 0 Å². The maximum absolute atomic E-state index is 12.7. The predicted octanol–water partition coefficient (Wildman–Crippen LogP) is 3.11. The smallest absolute Gasteiger partial charge is 0.232 e. The normalized spacial score (nSPS) is 17.6. The molecule has 1 amide bonds. The molecule has 114 valence electrons. The second-order valence-electron chi connectivity index (χ2n) is 5.63. The Hall–Kier alpha value is -2.13. The Balaban J connectivity index is 1.77. The highest BCUT2D eigenvalue weighted by Crippen LogP contribution is 2.24. The van der Waals surface area contributed by atoms with Crippen molar-refractivity contribution in [2.45, 2.75) is 24.9 Å². The zero-order valence-electron chi connectivity index (χ0n) is 12.6. The van der Waals surface area contributed by atoms with Crippen molar-refractivity contribution in [2.24, 2.45) is 0 Å². The first kappa shape index (κ1) is 14.8. The summed E-state index contributed by atoms with van der Waals surface area (Å²) in [6.07, 6.45) is 2.28. The third-order valence-electron chi connectivity index (χ3n) is 4.06. The van der Waals surface area contributed by atoms with E-state index in [0.29, 0.717) is 6.54 Å². The van der Waals surface area contributed by atoms with Gasteiger partial charge in [0, 0.05) is 13.2 Å². The lowest BCUT2D eigenvalue weighted by atomic mass is 9.90. The van der Waals surface area contributed by atoms with Crippen molar-refractivity contribution in [3.05, 3.63) is 71.8 Å². The Morgan fingerprint density at radius 1 is 1.05 bits per heavy atom. The van der Waals surface area contributed by atoms with Crippen LogP contribution in [0.15, 0.2) is 60.7 Å². The molecule has 0 saturated carbocycles. The van der Waals surface area contributed by atoms with Gasteiger partial charge in [-0.15, -0.1) is 0 Å². The van der Waals surface area contributed by atoms with E-state index in [2.05, 4.69) is 5.32 Å². The van der Waals surface area contributed by atoms with Crippen LogP contribution >= 0.6 is 0 Å². The van der Waals surface area contributed by atoms with E-state index in [1.807, 2.05) is 60.7 Å². The van der Waals surface area contributed by atoms with Crippen LogP contribution in [0.3, 0.4) is 0 Å². The molecule has 0 radical (unpaired) electrons. The fourth-order valence-electron chi connectivity index (χ4n) is 2.91. The number of rotatable bonds is 5. The Labute approximate surface area is 131 Å². The molecule has 3 rings (SSSR count). The molecular weight excluding hydrogens is 274 g/mol. The van der Waals surface area contributed by atoms with E-state index in [1.54, 1.807) is 0 Å². The van der Waals surface area contributed by atoms with Gasteiger partial charge in [0.15, 0.2) is 0 Å². The fourth-order valence-corrected chi connectivity index (χ4v) is 2.91. The molecule has 0 aliphatic carbocycles. The van der Waals surface area contributed by atoms with Crippen molar-refractivity contribution < 1.29 is 9.53 Å². The molecule has 1 N–H and O–H groups in total. The first-order chi connectivity index (χ1) is 10.8. The number of hydrogen-bond acceptors (Lipinski definition) is 2. The molecule has 0 aromatic heterocycles. The first-order valence-corrected chi connectivity index (χ1v) is 7.84. The van der Waals surface area contributed by atoms with Crippen LogP contribution in [-0.2, 0) is 9.53 Å². The van der Waals surface area contributed by atoms with E-state index in [0.717, 1.165) is 30.6 Å². The molecule has 1 aliphatic heterocycles. The van der Waals surface area contributed by atoms with Gasteiger partial charge in [-0.05, 0) is 24.0 Å². The van der Waals surface area contributed by atoms with Crippen LogP contribution in [0.2, 0.25) is 0 Å². The molecule has 1 saturated heterocycles. The van der Waals surface area contributed by atoms with Gasteiger partial charge >= 0.3 is 0 Å².